The maximum absolute atomic E-state index is 12.6. The van der Waals surface area contributed by atoms with Gasteiger partial charge in [0.15, 0.2) is 0 Å². The monoisotopic (exact) mass is 249 g/mol. The first-order valence-corrected chi connectivity index (χ1v) is 6.42. The van der Waals surface area contributed by atoms with Gasteiger partial charge in [-0.25, -0.2) is 0 Å². The first kappa shape index (κ1) is 11.7. The van der Waals surface area contributed by atoms with Gasteiger partial charge in [0.25, 0.3) is 0 Å². The third-order valence-electron chi connectivity index (χ3n) is 3.49. The lowest BCUT2D eigenvalue weighted by molar-refractivity contribution is -0.118. The van der Waals surface area contributed by atoms with Crippen molar-refractivity contribution in [3.8, 4) is 0 Å². The summed E-state index contributed by atoms with van der Waals surface area (Å²) in [5.41, 5.74) is 3.01. The fraction of sp³-hybridized carbons (Fsp3) is 0.118. The molecule has 0 spiro atoms. The Morgan fingerprint density at radius 1 is 1.05 bits per heavy atom. The van der Waals surface area contributed by atoms with E-state index in [0.717, 1.165) is 16.9 Å². The Balaban J connectivity index is 2.12. The highest BCUT2D eigenvalue weighted by atomic mass is 16.2. The molecule has 94 valence electrons. The van der Waals surface area contributed by atoms with E-state index < -0.39 is 0 Å². The summed E-state index contributed by atoms with van der Waals surface area (Å²) >= 11 is 0. The first-order valence-electron chi connectivity index (χ1n) is 6.42. The van der Waals surface area contributed by atoms with Gasteiger partial charge in [-0.3, -0.25) is 9.69 Å². The lowest BCUT2D eigenvalue weighted by atomic mass is 9.97. The maximum atomic E-state index is 12.6. The molecule has 1 aliphatic heterocycles. The Morgan fingerprint density at radius 2 is 1.74 bits per heavy atom. The molecule has 2 aromatic rings. The normalized spacial score (nSPS) is 17.4. The topological polar surface area (TPSA) is 20.3 Å². The molecule has 2 heteroatoms. The van der Waals surface area contributed by atoms with Crippen LogP contribution in [0.2, 0.25) is 0 Å². The van der Waals surface area contributed by atoms with Crippen LogP contribution in [0, 0.1) is 0 Å². The largest absolute Gasteiger partial charge is 0.280 e. The number of anilines is 2. The van der Waals surface area contributed by atoms with Crippen LogP contribution in [-0.2, 0) is 4.79 Å². The minimum Gasteiger partial charge on any atom is -0.280 e. The Labute approximate surface area is 113 Å². The summed E-state index contributed by atoms with van der Waals surface area (Å²) in [6.07, 6.45) is 2.49. The standard InChI is InChI=1S/C17H15NO/c1-2-8-15-14-11-6-7-12-16(14)18(17(15)19)13-9-4-3-5-10-13/h2-7,9-12,15H,1,8H2. The van der Waals surface area contributed by atoms with Gasteiger partial charge >= 0.3 is 0 Å². The van der Waals surface area contributed by atoms with Crippen molar-refractivity contribution in [1.82, 2.24) is 0 Å². The summed E-state index contributed by atoms with van der Waals surface area (Å²) in [7, 11) is 0. The molecule has 19 heavy (non-hydrogen) atoms. The van der Waals surface area contributed by atoms with E-state index in [0.29, 0.717) is 6.42 Å². The van der Waals surface area contributed by atoms with Crippen LogP contribution in [0.1, 0.15) is 17.9 Å². The number of fused-ring (bicyclic) bond motifs is 1. The molecule has 0 fully saturated rings. The Morgan fingerprint density at radius 3 is 2.47 bits per heavy atom. The number of hydrogen-bond acceptors (Lipinski definition) is 1. The number of allylic oxidation sites excluding steroid dienone is 1. The summed E-state index contributed by atoms with van der Waals surface area (Å²) in [5.74, 6) is 0.0289. The van der Waals surface area contributed by atoms with E-state index in [4.69, 9.17) is 0 Å². The number of amides is 1. The molecule has 0 radical (unpaired) electrons. The maximum Gasteiger partial charge on any atom is 0.239 e. The molecule has 1 unspecified atom stereocenters. The molecule has 3 rings (SSSR count). The van der Waals surface area contributed by atoms with Gasteiger partial charge in [-0.05, 0) is 30.2 Å². The predicted octanol–water partition coefficient (Wildman–Crippen LogP) is 4.02. The Kier molecular flexibility index (Phi) is 2.92. The summed E-state index contributed by atoms with van der Waals surface area (Å²) in [6.45, 7) is 3.76. The molecule has 0 saturated heterocycles. The van der Waals surface area contributed by atoms with Gasteiger partial charge in [0, 0.05) is 5.69 Å². The molecule has 2 nitrogen and oxygen atoms in total. The number of benzene rings is 2. The highest BCUT2D eigenvalue weighted by Crippen LogP contribution is 2.43. The number of hydrogen-bond donors (Lipinski definition) is 0. The van der Waals surface area contributed by atoms with Crippen molar-refractivity contribution in [3.63, 3.8) is 0 Å². The fourth-order valence-corrected chi connectivity index (χ4v) is 2.63. The molecular weight excluding hydrogens is 234 g/mol. The molecule has 0 saturated carbocycles. The molecule has 1 atom stereocenters. The molecule has 0 bridgehead atoms. The van der Waals surface area contributed by atoms with Crippen molar-refractivity contribution in [2.75, 3.05) is 4.90 Å². The van der Waals surface area contributed by atoms with E-state index >= 15 is 0 Å². The zero-order valence-corrected chi connectivity index (χ0v) is 10.6. The third-order valence-corrected chi connectivity index (χ3v) is 3.49. The summed E-state index contributed by atoms with van der Waals surface area (Å²) in [6, 6.07) is 17.8. The zero-order valence-electron chi connectivity index (χ0n) is 10.6. The summed E-state index contributed by atoms with van der Waals surface area (Å²) < 4.78 is 0. The van der Waals surface area contributed by atoms with E-state index in [9.17, 15) is 4.79 Å². The van der Waals surface area contributed by atoms with Gasteiger partial charge in [0.2, 0.25) is 5.91 Å². The van der Waals surface area contributed by atoms with E-state index in [1.165, 1.54) is 0 Å². The summed E-state index contributed by atoms with van der Waals surface area (Å²) in [5, 5.41) is 0. The predicted molar refractivity (Wildman–Crippen MR) is 77.6 cm³/mol. The number of para-hydroxylation sites is 2. The Hall–Kier alpha value is -2.35. The van der Waals surface area contributed by atoms with E-state index in [1.807, 2.05) is 65.6 Å². The van der Waals surface area contributed by atoms with Crippen molar-refractivity contribution in [2.24, 2.45) is 0 Å². The van der Waals surface area contributed by atoms with E-state index in [2.05, 4.69) is 6.58 Å². The van der Waals surface area contributed by atoms with Gasteiger partial charge in [0.1, 0.15) is 0 Å². The molecule has 1 aliphatic rings. The lowest BCUT2D eigenvalue weighted by Crippen LogP contribution is -2.23. The highest BCUT2D eigenvalue weighted by molar-refractivity contribution is 6.10. The average molecular weight is 249 g/mol. The molecule has 1 heterocycles. The zero-order chi connectivity index (χ0) is 13.2. The van der Waals surface area contributed by atoms with Crippen LogP contribution >= 0.6 is 0 Å². The second-order valence-corrected chi connectivity index (χ2v) is 4.64. The first-order chi connectivity index (χ1) is 9.33. The molecule has 0 N–H and O–H groups in total. The van der Waals surface area contributed by atoms with Crippen molar-refractivity contribution in [1.29, 1.82) is 0 Å². The molecule has 0 aliphatic carbocycles. The average Bonchev–Trinajstić information content (AvgIpc) is 2.73. The number of carbonyl (C=O) groups excluding carboxylic acids is 1. The molecule has 2 aromatic carbocycles. The van der Waals surface area contributed by atoms with Gasteiger partial charge < -0.3 is 0 Å². The molecule has 0 aromatic heterocycles. The number of rotatable bonds is 3. The summed E-state index contributed by atoms with van der Waals surface area (Å²) in [4.78, 5) is 14.4. The minimum absolute atomic E-state index is 0.103. The van der Waals surface area contributed by atoms with Crippen LogP contribution in [0.25, 0.3) is 0 Å². The second kappa shape index (κ2) is 4.73. The lowest BCUT2D eigenvalue weighted by Gasteiger charge is -2.17. The quantitative estimate of drug-likeness (QED) is 0.752. The van der Waals surface area contributed by atoms with Crippen LogP contribution in [0.5, 0.6) is 0 Å². The van der Waals surface area contributed by atoms with Crippen molar-refractivity contribution in [3.05, 3.63) is 72.8 Å². The second-order valence-electron chi connectivity index (χ2n) is 4.64. The fourth-order valence-electron chi connectivity index (χ4n) is 2.63. The van der Waals surface area contributed by atoms with Gasteiger partial charge in [0.05, 0.1) is 11.6 Å². The molecular formula is C17H15NO. The number of carbonyl (C=O) groups is 1. The van der Waals surface area contributed by atoms with Gasteiger partial charge in [-0.1, -0.05) is 42.5 Å². The van der Waals surface area contributed by atoms with Gasteiger partial charge in [-0.15, -0.1) is 6.58 Å². The Bertz CT molecular complexity index is 618. The van der Waals surface area contributed by atoms with Crippen molar-refractivity contribution >= 4 is 17.3 Å². The van der Waals surface area contributed by atoms with E-state index in [-0.39, 0.29) is 11.8 Å². The minimum atomic E-state index is -0.103. The van der Waals surface area contributed by atoms with Gasteiger partial charge in [-0.2, -0.15) is 0 Å². The third kappa shape index (κ3) is 1.85. The van der Waals surface area contributed by atoms with Crippen molar-refractivity contribution in [2.45, 2.75) is 12.3 Å². The van der Waals surface area contributed by atoms with Crippen LogP contribution < -0.4 is 4.90 Å². The van der Waals surface area contributed by atoms with Crippen LogP contribution in [0.4, 0.5) is 11.4 Å². The molecule has 1 amide bonds. The van der Waals surface area contributed by atoms with E-state index in [1.54, 1.807) is 0 Å². The number of nitrogens with zero attached hydrogens (tertiary/aromatic N) is 1. The van der Waals surface area contributed by atoms with Crippen LogP contribution in [0.3, 0.4) is 0 Å². The SMILES string of the molecule is C=CCC1C(=O)N(c2ccccc2)c2ccccc21. The van der Waals surface area contributed by atoms with Crippen molar-refractivity contribution < 1.29 is 4.79 Å². The smallest absolute Gasteiger partial charge is 0.239 e. The van der Waals surface area contributed by atoms with Crippen LogP contribution in [0.15, 0.2) is 67.3 Å². The highest BCUT2D eigenvalue weighted by Gasteiger charge is 2.36. The van der Waals surface area contributed by atoms with Crippen LogP contribution in [-0.4, -0.2) is 5.91 Å².